The van der Waals surface area contributed by atoms with E-state index in [0.717, 1.165) is 49.7 Å². The molecule has 5 rings (SSSR count). The number of aryl methyl sites for hydroxylation is 2. The lowest BCUT2D eigenvalue weighted by Crippen LogP contribution is -2.19. The van der Waals surface area contributed by atoms with Crippen LogP contribution in [0.2, 0.25) is 0 Å². The van der Waals surface area contributed by atoms with Gasteiger partial charge in [0, 0.05) is 21.5 Å². The van der Waals surface area contributed by atoms with E-state index in [-0.39, 0.29) is 5.91 Å². The Morgan fingerprint density at radius 3 is 2.49 bits per heavy atom. The van der Waals surface area contributed by atoms with Crippen LogP contribution in [0, 0.1) is 20.8 Å². The number of hydrogen-bond acceptors (Lipinski definition) is 4. The zero-order valence-electron chi connectivity index (χ0n) is 20.8. The quantitative estimate of drug-likeness (QED) is 0.242. The van der Waals surface area contributed by atoms with Crippen LogP contribution in [0.4, 0.5) is 5.69 Å². The van der Waals surface area contributed by atoms with Crippen LogP contribution in [0.5, 0.6) is 5.75 Å². The number of hydrogen-bond donors (Lipinski definition) is 1. The van der Waals surface area contributed by atoms with Crippen LogP contribution in [0.15, 0.2) is 93.2 Å². The maximum absolute atomic E-state index is 12.6. The van der Waals surface area contributed by atoms with Gasteiger partial charge >= 0.3 is 0 Å². The number of ether oxygens (including phenoxy) is 1. The molecule has 0 radical (unpaired) electrons. The minimum atomic E-state index is -0.131. The largest absolute Gasteiger partial charge is 0.489 e. The minimum Gasteiger partial charge on any atom is -0.489 e. The SMILES string of the molecule is Cc1cccc(N=C2NC(=O)/C(=C/c3cc(C)n(-c4ccc(OCc5ccc(Br)cc5)cc4)c3C)S2)c1. The van der Waals surface area contributed by atoms with Gasteiger partial charge in [-0.05, 0) is 110 Å². The number of nitrogens with one attached hydrogen (secondary N) is 1. The fourth-order valence-corrected chi connectivity index (χ4v) is 5.30. The number of halogens is 1. The molecule has 1 fully saturated rings. The van der Waals surface area contributed by atoms with Crippen LogP contribution in [0.3, 0.4) is 0 Å². The summed E-state index contributed by atoms with van der Waals surface area (Å²) >= 11 is 4.82. The van der Waals surface area contributed by atoms with E-state index < -0.39 is 0 Å². The third-order valence-electron chi connectivity index (χ3n) is 6.05. The molecule has 1 saturated heterocycles. The highest BCUT2D eigenvalue weighted by Crippen LogP contribution is 2.31. The minimum absolute atomic E-state index is 0.131. The molecule has 0 spiro atoms. The summed E-state index contributed by atoms with van der Waals surface area (Å²) in [5.41, 5.74) is 7.26. The summed E-state index contributed by atoms with van der Waals surface area (Å²) in [6.07, 6.45) is 1.94. The maximum Gasteiger partial charge on any atom is 0.264 e. The summed E-state index contributed by atoms with van der Waals surface area (Å²) in [5.74, 6) is 0.685. The number of rotatable bonds is 6. The predicted octanol–water partition coefficient (Wildman–Crippen LogP) is 7.64. The summed E-state index contributed by atoms with van der Waals surface area (Å²) < 4.78 is 9.19. The molecule has 5 nitrogen and oxygen atoms in total. The van der Waals surface area contributed by atoms with Crippen molar-refractivity contribution in [1.82, 2.24) is 9.88 Å². The molecule has 3 aromatic carbocycles. The van der Waals surface area contributed by atoms with Gasteiger partial charge in [-0.2, -0.15) is 0 Å². The number of carbonyl (C=O) groups excluding carboxylic acids is 1. The van der Waals surface area contributed by atoms with Crippen LogP contribution < -0.4 is 10.1 Å². The Kier molecular flexibility index (Phi) is 7.35. The Morgan fingerprint density at radius 2 is 1.76 bits per heavy atom. The van der Waals surface area contributed by atoms with Crippen molar-refractivity contribution in [2.24, 2.45) is 4.99 Å². The topological polar surface area (TPSA) is 55.6 Å². The second-order valence-corrected chi connectivity index (χ2v) is 10.8. The number of nitrogens with zero attached hydrogens (tertiary/aromatic N) is 2. The summed E-state index contributed by atoms with van der Waals surface area (Å²) in [4.78, 5) is 17.8. The van der Waals surface area contributed by atoms with Crippen LogP contribution in [-0.2, 0) is 11.4 Å². The summed E-state index contributed by atoms with van der Waals surface area (Å²) in [6.45, 7) is 6.67. The van der Waals surface area contributed by atoms with Crippen molar-refractivity contribution < 1.29 is 9.53 Å². The van der Waals surface area contributed by atoms with Crippen molar-refractivity contribution >= 4 is 50.5 Å². The predicted molar refractivity (Wildman–Crippen MR) is 156 cm³/mol. The molecule has 7 heteroatoms. The van der Waals surface area contributed by atoms with Crippen molar-refractivity contribution in [3.05, 3.63) is 116 Å². The van der Waals surface area contributed by atoms with E-state index in [1.807, 2.05) is 73.7 Å². The summed E-state index contributed by atoms with van der Waals surface area (Å²) in [7, 11) is 0. The van der Waals surface area contributed by atoms with E-state index in [0.29, 0.717) is 16.7 Å². The van der Waals surface area contributed by atoms with Gasteiger partial charge in [0.05, 0.1) is 10.6 Å². The van der Waals surface area contributed by atoms with Gasteiger partial charge in [-0.3, -0.25) is 4.79 Å². The molecule has 1 N–H and O–H groups in total. The Hall–Kier alpha value is -3.55. The first kappa shape index (κ1) is 25.1. The third-order valence-corrected chi connectivity index (χ3v) is 7.49. The smallest absolute Gasteiger partial charge is 0.264 e. The van der Waals surface area contributed by atoms with Gasteiger partial charge < -0.3 is 14.6 Å². The van der Waals surface area contributed by atoms with Crippen LogP contribution >= 0.6 is 27.7 Å². The molecule has 186 valence electrons. The third kappa shape index (κ3) is 5.89. The van der Waals surface area contributed by atoms with Gasteiger partial charge in [-0.1, -0.05) is 40.2 Å². The van der Waals surface area contributed by atoms with E-state index in [1.54, 1.807) is 0 Å². The number of amides is 1. The molecule has 4 aromatic rings. The Balaban J connectivity index is 1.32. The van der Waals surface area contributed by atoms with Gasteiger partial charge in [0.15, 0.2) is 5.17 Å². The fraction of sp³-hybridized carbons (Fsp3) is 0.133. The first-order valence-corrected chi connectivity index (χ1v) is 13.5. The molecule has 0 bridgehead atoms. The molecule has 1 aliphatic heterocycles. The number of carbonyl (C=O) groups is 1. The van der Waals surface area contributed by atoms with E-state index in [2.05, 4.69) is 62.9 Å². The van der Waals surface area contributed by atoms with Crippen molar-refractivity contribution in [3.63, 3.8) is 0 Å². The van der Waals surface area contributed by atoms with Crippen LogP contribution in [0.1, 0.15) is 28.1 Å². The van der Waals surface area contributed by atoms with Gasteiger partial charge in [0.2, 0.25) is 0 Å². The van der Waals surface area contributed by atoms with E-state index in [4.69, 9.17) is 4.74 Å². The molecule has 0 saturated carbocycles. The second kappa shape index (κ2) is 10.8. The summed E-state index contributed by atoms with van der Waals surface area (Å²) in [5, 5.41) is 3.47. The monoisotopic (exact) mass is 571 g/mol. The molecule has 1 aromatic heterocycles. The average Bonchev–Trinajstić information content (AvgIpc) is 3.36. The molecule has 0 unspecified atom stereocenters. The molecule has 0 atom stereocenters. The van der Waals surface area contributed by atoms with Gasteiger partial charge in [0.1, 0.15) is 12.4 Å². The number of thioether (sulfide) groups is 1. The number of aliphatic imine (C=N–C) groups is 1. The Bertz CT molecular complexity index is 1520. The second-order valence-electron chi connectivity index (χ2n) is 8.89. The van der Waals surface area contributed by atoms with E-state index in [9.17, 15) is 4.79 Å². The van der Waals surface area contributed by atoms with E-state index in [1.165, 1.54) is 11.8 Å². The number of amidine groups is 1. The summed E-state index contributed by atoms with van der Waals surface area (Å²) in [6, 6.07) is 26.2. The number of aromatic nitrogens is 1. The highest BCUT2D eigenvalue weighted by molar-refractivity contribution is 9.10. The zero-order valence-corrected chi connectivity index (χ0v) is 23.2. The standard InChI is InChI=1S/C30H26BrN3O2S/c1-19-5-4-6-25(15-19)32-30-33-29(35)28(37-30)17-23-16-20(2)34(21(23)3)26-11-13-27(14-12-26)36-18-22-7-9-24(31)10-8-22/h4-17H,18H2,1-3H3,(H,32,33,35)/b28-17-. The molecular weight excluding hydrogens is 546 g/mol. The Morgan fingerprint density at radius 1 is 1.00 bits per heavy atom. The highest BCUT2D eigenvalue weighted by atomic mass is 79.9. The molecule has 1 amide bonds. The van der Waals surface area contributed by atoms with Gasteiger partial charge in [-0.15, -0.1) is 0 Å². The van der Waals surface area contributed by atoms with Crippen molar-refractivity contribution in [2.75, 3.05) is 0 Å². The van der Waals surface area contributed by atoms with Crippen LogP contribution in [-0.4, -0.2) is 15.6 Å². The first-order valence-electron chi connectivity index (χ1n) is 11.9. The average molecular weight is 573 g/mol. The van der Waals surface area contributed by atoms with Crippen LogP contribution in [0.25, 0.3) is 11.8 Å². The lowest BCUT2D eigenvalue weighted by Gasteiger charge is -2.11. The first-order chi connectivity index (χ1) is 17.9. The van der Waals surface area contributed by atoms with E-state index >= 15 is 0 Å². The lowest BCUT2D eigenvalue weighted by molar-refractivity contribution is -0.115. The van der Waals surface area contributed by atoms with Crippen molar-refractivity contribution in [1.29, 1.82) is 0 Å². The number of benzene rings is 3. The van der Waals surface area contributed by atoms with Gasteiger partial charge in [0.25, 0.3) is 5.91 Å². The van der Waals surface area contributed by atoms with Crippen molar-refractivity contribution in [2.45, 2.75) is 27.4 Å². The molecule has 1 aliphatic rings. The highest BCUT2D eigenvalue weighted by Gasteiger charge is 2.24. The Labute approximate surface area is 229 Å². The molecule has 0 aliphatic carbocycles. The normalized spacial score (nSPS) is 15.4. The zero-order chi connectivity index (χ0) is 25.9. The molecular formula is C30H26BrN3O2S. The molecule has 2 heterocycles. The van der Waals surface area contributed by atoms with Crippen molar-refractivity contribution in [3.8, 4) is 11.4 Å². The fourth-order valence-electron chi connectivity index (χ4n) is 4.21. The molecule has 37 heavy (non-hydrogen) atoms. The maximum atomic E-state index is 12.6. The van der Waals surface area contributed by atoms with Gasteiger partial charge in [-0.25, -0.2) is 4.99 Å². The lowest BCUT2D eigenvalue weighted by atomic mass is 10.2.